The summed E-state index contributed by atoms with van der Waals surface area (Å²) >= 11 is 0. The lowest BCUT2D eigenvalue weighted by molar-refractivity contribution is -0.137. The van der Waals surface area contributed by atoms with Gasteiger partial charge in [0.2, 0.25) is 0 Å². The van der Waals surface area contributed by atoms with Gasteiger partial charge < -0.3 is 10.2 Å². The van der Waals surface area contributed by atoms with E-state index in [9.17, 15) is 9.59 Å². The van der Waals surface area contributed by atoms with Crippen LogP contribution in [0.1, 0.15) is 11.1 Å². The van der Waals surface area contributed by atoms with Gasteiger partial charge in [-0.1, -0.05) is 45.9 Å². The minimum absolute atomic E-state index is 0.00711. The van der Waals surface area contributed by atoms with Gasteiger partial charge in [0.15, 0.2) is 0 Å². The largest absolute Gasteiger partial charge is 0.481 e. The highest BCUT2D eigenvalue weighted by molar-refractivity contribution is 8.76. The summed E-state index contributed by atoms with van der Waals surface area (Å²) in [6, 6.07) is 14.8. The first-order valence-electron chi connectivity index (χ1n) is 6.49. The summed E-state index contributed by atoms with van der Waals surface area (Å²) in [6.45, 7) is 0. The third-order valence-electron chi connectivity index (χ3n) is 2.74. The molecule has 2 aromatic carbocycles. The van der Waals surface area contributed by atoms with Crippen molar-refractivity contribution in [1.29, 1.82) is 0 Å². The molecule has 0 radical (unpaired) electrons. The fourth-order valence-electron chi connectivity index (χ4n) is 1.86. The minimum Gasteiger partial charge on any atom is -0.481 e. The molecule has 0 heterocycles. The summed E-state index contributed by atoms with van der Waals surface area (Å²) in [5.41, 5.74) is 1.52. The van der Waals surface area contributed by atoms with Gasteiger partial charge in [-0.05, 0) is 35.4 Å². The van der Waals surface area contributed by atoms with E-state index in [0.29, 0.717) is 0 Å². The molecule has 2 rings (SSSR count). The second kappa shape index (κ2) is 7.91. The first-order valence-corrected chi connectivity index (χ1v) is 8.64. The van der Waals surface area contributed by atoms with Crippen molar-refractivity contribution >= 4 is 33.5 Å². The summed E-state index contributed by atoms with van der Waals surface area (Å²) < 4.78 is 0. The van der Waals surface area contributed by atoms with Gasteiger partial charge in [0.25, 0.3) is 0 Å². The monoisotopic (exact) mass is 334 g/mol. The number of carboxylic acid groups (broad SMARTS) is 2. The van der Waals surface area contributed by atoms with Crippen LogP contribution >= 0.6 is 21.6 Å². The number of hydrogen-bond acceptors (Lipinski definition) is 4. The summed E-state index contributed by atoms with van der Waals surface area (Å²) in [4.78, 5) is 23.4. The smallest absolute Gasteiger partial charge is 0.307 e. The minimum atomic E-state index is -0.851. The average Bonchev–Trinajstić information content (AvgIpc) is 2.44. The van der Waals surface area contributed by atoms with Crippen LogP contribution in [0.5, 0.6) is 0 Å². The highest BCUT2D eigenvalue weighted by atomic mass is 33.1. The Balaban J connectivity index is 2.00. The molecule has 4 nitrogen and oxygen atoms in total. The van der Waals surface area contributed by atoms with Gasteiger partial charge in [-0.15, -0.1) is 0 Å². The molecule has 0 unspecified atom stereocenters. The third-order valence-corrected chi connectivity index (χ3v) is 5.12. The molecule has 2 N–H and O–H groups in total. The van der Waals surface area contributed by atoms with Crippen molar-refractivity contribution in [2.75, 3.05) is 0 Å². The highest BCUT2D eigenvalue weighted by Gasteiger charge is 2.05. The number of carboxylic acids is 2. The zero-order valence-electron chi connectivity index (χ0n) is 11.6. The van der Waals surface area contributed by atoms with Crippen LogP contribution in [0.3, 0.4) is 0 Å². The van der Waals surface area contributed by atoms with Crippen LogP contribution < -0.4 is 0 Å². The van der Waals surface area contributed by atoms with Gasteiger partial charge in [0.1, 0.15) is 0 Å². The van der Waals surface area contributed by atoms with Gasteiger partial charge in [-0.25, -0.2) is 0 Å². The van der Waals surface area contributed by atoms with Crippen molar-refractivity contribution < 1.29 is 19.8 Å². The molecule has 22 heavy (non-hydrogen) atoms. The Morgan fingerprint density at radius 3 is 1.55 bits per heavy atom. The Kier molecular flexibility index (Phi) is 5.91. The Morgan fingerprint density at radius 1 is 0.773 bits per heavy atom. The van der Waals surface area contributed by atoms with Gasteiger partial charge in [0.05, 0.1) is 12.8 Å². The zero-order valence-corrected chi connectivity index (χ0v) is 13.2. The molecule has 0 aliphatic heterocycles. The summed E-state index contributed by atoms with van der Waals surface area (Å²) in [7, 11) is 3.04. The van der Waals surface area contributed by atoms with Crippen molar-refractivity contribution in [2.45, 2.75) is 22.6 Å². The van der Waals surface area contributed by atoms with Crippen LogP contribution in [-0.2, 0) is 22.4 Å². The molecule has 6 heteroatoms. The van der Waals surface area contributed by atoms with E-state index < -0.39 is 11.9 Å². The van der Waals surface area contributed by atoms with Crippen LogP contribution in [0.2, 0.25) is 0 Å². The van der Waals surface area contributed by atoms with E-state index in [4.69, 9.17) is 10.2 Å². The average molecular weight is 334 g/mol. The summed E-state index contributed by atoms with van der Waals surface area (Å²) in [5.74, 6) is -1.70. The normalized spacial score (nSPS) is 10.4. The van der Waals surface area contributed by atoms with Gasteiger partial charge in [-0.2, -0.15) is 0 Å². The topological polar surface area (TPSA) is 74.6 Å². The van der Waals surface area contributed by atoms with Gasteiger partial charge >= 0.3 is 11.9 Å². The highest BCUT2D eigenvalue weighted by Crippen LogP contribution is 2.37. The van der Waals surface area contributed by atoms with E-state index >= 15 is 0 Å². The lowest BCUT2D eigenvalue weighted by Crippen LogP contribution is -1.99. The fourth-order valence-corrected chi connectivity index (χ4v) is 3.92. The van der Waals surface area contributed by atoms with E-state index in [1.54, 1.807) is 12.1 Å². The lowest BCUT2D eigenvalue weighted by atomic mass is 10.2. The molecule has 2 aromatic rings. The number of hydrogen-bond donors (Lipinski definition) is 2. The maximum Gasteiger partial charge on any atom is 0.307 e. The third kappa shape index (κ3) is 5.46. The van der Waals surface area contributed by atoms with Crippen molar-refractivity contribution in [3.05, 3.63) is 59.7 Å². The number of aliphatic carboxylic acids is 2. The van der Waals surface area contributed by atoms with Gasteiger partial charge in [-0.3, -0.25) is 9.59 Å². The molecule has 0 atom stereocenters. The van der Waals surface area contributed by atoms with Crippen molar-refractivity contribution in [3.63, 3.8) is 0 Å². The molecule has 0 aromatic heterocycles. The van der Waals surface area contributed by atoms with E-state index in [1.807, 2.05) is 36.4 Å². The number of benzene rings is 2. The Hall–Kier alpha value is -1.92. The van der Waals surface area contributed by atoms with Crippen LogP contribution in [0.4, 0.5) is 0 Å². The van der Waals surface area contributed by atoms with Gasteiger partial charge in [0, 0.05) is 9.79 Å². The van der Waals surface area contributed by atoms with Crippen LogP contribution in [0, 0.1) is 0 Å². The van der Waals surface area contributed by atoms with E-state index in [0.717, 1.165) is 20.9 Å². The molecule has 0 fully saturated rings. The number of carbonyl (C=O) groups is 2. The summed E-state index contributed by atoms with van der Waals surface area (Å²) in [6.07, 6.45) is 0.0142. The second-order valence-corrected chi connectivity index (χ2v) is 6.88. The zero-order chi connectivity index (χ0) is 15.9. The molecule has 0 saturated carbocycles. The predicted molar refractivity (Wildman–Crippen MR) is 87.3 cm³/mol. The van der Waals surface area contributed by atoms with Crippen molar-refractivity contribution in [1.82, 2.24) is 0 Å². The standard InChI is InChI=1S/C16H14O4S2/c17-15(18)9-11-3-1-5-13(7-11)21-22-14-6-2-4-12(8-14)10-16(19)20/h1-8H,9-10H2,(H,17,18)(H,19,20). The second-order valence-electron chi connectivity index (χ2n) is 4.60. The first-order chi connectivity index (χ1) is 10.5. The Labute approximate surface area is 136 Å². The summed E-state index contributed by atoms with van der Waals surface area (Å²) in [5, 5.41) is 17.6. The number of rotatable bonds is 7. The first kappa shape index (κ1) is 16.5. The van der Waals surface area contributed by atoms with Crippen molar-refractivity contribution in [3.8, 4) is 0 Å². The van der Waals surface area contributed by atoms with E-state index in [2.05, 4.69) is 0 Å². The Morgan fingerprint density at radius 2 is 1.18 bits per heavy atom. The van der Waals surface area contributed by atoms with E-state index in [1.165, 1.54) is 21.6 Å². The maximum atomic E-state index is 10.7. The molecular formula is C16H14O4S2. The molecular weight excluding hydrogens is 320 g/mol. The maximum absolute atomic E-state index is 10.7. The van der Waals surface area contributed by atoms with Crippen LogP contribution in [0.25, 0.3) is 0 Å². The fraction of sp³-hybridized carbons (Fsp3) is 0.125. The molecule has 0 saturated heterocycles. The SMILES string of the molecule is O=C(O)Cc1cccc(SSc2cccc(CC(=O)O)c2)c1. The molecule has 114 valence electrons. The molecule has 0 amide bonds. The quantitative estimate of drug-likeness (QED) is 0.751. The Bertz CT molecular complexity index is 626. The molecule has 0 aliphatic rings. The molecule has 0 aliphatic carbocycles. The lowest BCUT2D eigenvalue weighted by Gasteiger charge is -2.05. The van der Waals surface area contributed by atoms with Crippen LogP contribution in [-0.4, -0.2) is 22.2 Å². The van der Waals surface area contributed by atoms with E-state index in [-0.39, 0.29) is 12.8 Å². The predicted octanol–water partition coefficient (Wildman–Crippen LogP) is 3.74. The molecule has 0 bridgehead atoms. The van der Waals surface area contributed by atoms with Crippen molar-refractivity contribution in [2.24, 2.45) is 0 Å². The van der Waals surface area contributed by atoms with Crippen LogP contribution in [0.15, 0.2) is 58.3 Å². The molecule has 0 spiro atoms.